The van der Waals surface area contributed by atoms with Gasteiger partial charge in [0.05, 0.1) is 22.8 Å². The maximum Gasteiger partial charge on any atom is 0.428 e. The number of carbonyl (C=O) groups excluding carboxylic acids is 9. The summed E-state index contributed by atoms with van der Waals surface area (Å²) in [7, 11) is 0. The van der Waals surface area contributed by atoms with Crippen LogP contribution in [0.5, 0.6) is 40.2 Å². The van der Waals surface area contributed by atoms with Gasteiger partial charge in [0.25, 0.3) is 29.3 Å². The largest absolute Gasteiger partial charge is 0.508 e. The molecule has 0 bridgehead atoms. The number of aliphatic carboxylic acids is 3. The van der Waals surface area contributed by atoms with Crippen LogP contribution >= 0.6 is 0 Å². The predicted molar refractivity (Wildman–Crippen MR) is 363 cm³/mol. The molecule has 39 heteroatoms. The summed E-state index contributed by atoms with van der Waals surface area (Å²) in [5.74, 6) is 2.41. The minimum atomic E-state index is -0.974. The number of ketones is 1. The molecule has 7 aromatic rings. The molecule has 0 aliphatic carbocycles. The second-order valence-corrected chi connectivity index (χ2v) is 18.8. The highest BCUT2D eigenvalue weighted by Gasteiger charge is 2.17. The summed E-state index contributed by atoms with van der Waals surface area (Å²) in [5.41, 5.74) is 17.1. The number of aryl methyl sites for hydroxylation is 1. The van der Waals surface area contributed by atoms with E-state index in [4.69, 9.17) is 75.8 Å². The fourth-order valence-electron chi connectivity index (χ4n) is 5.87. The van der Waals surface area contributed by atoms with Crippen LogP contribution < -0.4 is 64.2 Å². The molecule has 39 nitrogen and oxygen atoms in total. The fourth-order valence-corrected chi connectivity index (χ4v) is 5.87. The summed E-state index contributed by atoms with van der Waals surface area (Å²) < 4.78 is 23.8. The number of nitrogens with one attached hydrogen (secondary N) is 5. The Morgan fingerprint density at radius 1 is 0.417 bits per heavy atom. The van der Waals surface area contributed by atoms with Crippen molar-refractivity contribution in [1.82, 2.24) is 10.9 Å². The van der Waals surface area contributed by atoms with Gasteiger partial charge in [0.1, 0.15) is 53.1 Å². The van der Waals surface area contributed by atoms with Crippen molar-refractivity contribution in [3.63, 3.8) is 0 Å². The van der Waals surface area contributed by atoms with E-state index in [0.717, 1.165) is 26.3 Å². The van der Waals surface area contributed by atoms with Crippen molar-refractivity contribution in [3.05, 3.63) is 196 Å². The highest BCUT2D eigenvalue weighted by atomic mass is 16.7. The molecule has 103 heavy (non-hydrogen) atoms. The Balaban J connectivity index is 0. The number of carboxylic acid groups (broad SMARTS) is 3. The second-order valence-electron chi connectivity index (χ2n) is 18.8. The van der Waals surface area contributed by atoms with E-state index < -0.39 is 95.2 Å². The van der Waals surface area contributed by atoms with Crippen molar-refractivity contribution in [2.24, 2.45) is 17.4 Å². The summed E-state index contributed by atoms with van der Waals surface area (Å²) in [6.07, 6.45) is -3.12. The average Bonchev–Trinajstić information content (AvgIpc) is 0.897. The van der Waals surface area contributed by atoms with Crippen LogP contribution in [0.4, 0.5) is 43.7 Å². The highest BCUT2D eigenvalue weighted by molar-refractivity contribution is 6.05. The molecule has 0 heterocycles. The molecule has 0 spiro atoms. The molecule has 5 amide bonds. The number of non-ortho nitro benzene ring substituents is 2. The van der Waals surface area contributed by atoms with Crippen molar-refractivity contribution >= 4 is 106 Å². The normalized spacial score (nSPS) is 9.13. The Labute approximate surface area is 583 Å². The van der Waals surface area contributed by atoms with Crippen molar-refractivity contribution < 1.29 is 127 Å². The van der Waals surface area contributed by atoms with Gasteiger partial charge in [-0.2, -0.15) is 0 Å². The molecule has 20 N–H and O–H groups in total. The number of nitrogens with two attached hydrogens (primary N) is 4. The summed E-state index contributed by atoms with van der Waals surface area (Å²) >= 11 is 0. The number of carbonyl (C=O) groups is 12. The maximum atomic E-state index is 11.7. The number of nitro groups is 2. The van der Waals surface area contributed by atoms with Gasteiger partial charge in [-0.3, -0.25) is 90.6 Å². The van der Waals surface area contributed by atoms with Crippen LogP contribution in [0.1, 0.15) is 52.5 Å². The molecular formula is C64H73N11O28. The molecule has 0 atom stereocenters. The first kappa shape index (κ1) is 90.7. The van der Waals surface area contributed by atoms with Gasteiger partial charge in [-0.1, -0.05) is 17.7 Å². The number of Topliss-reactive ketones (excluding diaryl/α,β-unsaturated/α-hetero) is 1. The molecule has 0 radical (unpaired) electrons. The number of benzene rings is 7. The summed E-state index contributed by atoms with van der Waals surface area (Å²) in [4.78, 5) is 148. The molecule has 552 valence electrons. The van der Waals surface area contributed by atoms with E-state index in [1.165, 1.54) is 116 Å². The number of esters is 3. The maximum absolute atomic E-state index is 11.7. The van der Waals surface area contributed by atoms with Crippen LogP contribution in [-0.4, -0.2) is 130 Å². The molecule has 7 rings (SSSR count). The van der Waals surface area contributed by atoms with Gasteiger partial charge < -0.3 is 81.5 Å². The smallest absolute Gasteiger partial charge is 0.428 e. The van der Waals surface area contributed by atoms with Crippen LogP contribution in [0.25, 0.3) is 0 Å². The zero-order valence-corrected chi connectivity index (χ0v) is 55.1. The van der Waals surface area contributed by atoms with Gasteiger partial charge in [-0.15, -0.1) is 0 Å². The summed E-state index contributed by atoms with van der Waals surface area (Å²) in [6.45, 7) is 5.58. The quantitative estimate of drug-likeness (QED) is 0.00569. The number of hydrogen-bond donors (Lipinski definition) is 16. The number of nitrogen functional groups attached to an aromatic ring is 1. The first-order chi connectivity index (χ1) is 48.4. The lowest BCUT2D eigenvalue weighted by atomic mass is 10.2. The van der Waals surface area contributed by atoms with Crippen molar-refractivity contribution in [1.29, 1.82) is 0 Å². The number of anilines is 4. The number of nitrogens with zero attached hydrogens (tertiary/aromatic N) is 2. The number of hydrogen-bond acceptors (Lipinski definition) is 29. The number of ether oxygens (including phenoxy) is 5. The summed E-state index contributed by atoms with van der Waals surface area (Å²) in [5, 5.41) is 86.4. The number of phenols is 4. The monoisotopic (exact) mass is 1440 g/mol. The lowest BCUT2D eigenvalue weighted by Gasteiger charge is -2.08. The van der Waals surface area contributed by atoms with E-state index in [1.54, 1.807) is 60.7 Å². The minimum Gasteiger partial charge on any atom is -0.508 e. The highest BCUT2D eigenvalue weighted by Crippen LogP contribution is 2.21. The number of aromatic hydroxyl groups is 4. The Morgan fingerprint density at radius 3 is 1.02 bits per heavy atom. The third-order valence-corrected chi connectivity index (χ3v) is 10.0. The van der Waals surface area contributed by atoms with Gasteiger partial charge in [-0.25, -0.2) is 15.0 Å². The average molecular weight is 1440 g/mol. The van der Waals surface area contributed by atoms with Crippen LogP contribution in [0.15, 0.2) is 170 Å². The molecule has 0 aromatic heterocycles. The Morgan fingerprint density at radius 2 is 0.709 bits per heavy atom. The first-order valence-electron chi connectivity index (χ1n) is 28.4. The van der Waals surface area contributed by atoms with E-state index in [2.05, 4.69) is 37.1 Å². The SMILES string of the molecule is CC(=O)NNC(=O)OCOC(=O)Nc1ccc(O)cc1.CC(=O)O.CC(=O)O.CC(=O)O.Cc1ccc(OC(=O)CC(=O)Oc2ccc([N+](=O)[O-])cc2)cc1.NCC(=O)CC(=O)Nc1ccc(O)cc1.NN.Nc1ccc(O)cc1.O=C(CC(=O)Oc1ccc([N+](=O)[O-])cc1)Nc1ccc(O)cc1. The Hall–Kier alpha value is -14.3. The molecule has 0 aliphatic heterocycles. The van der Waals surface area contributed by atoms with Crippen molar-refractivity contribution in [2.75, 3.05) is 35.0 Å². The molecule has 0 saturated carbocycles. The third kappa shape index (κ3) is 50.7. The van der Waals surface area contributed by atoms with E-state index in [9.17, 15) is 63.4 Å². The van der Waals surface area contributed by atoms with Gasteiger partial charge in [-0.05, 0) is 140 Å². The first-order valence-corrected chi connectivity index (χ1v) is 28.4. The van der Waals surface area contributed by atoms with Crippen molar-refractivity contribution in [3.8, 4) is 40.2 Å². The molecule has 0 fully saturated rings. The van der Waals surface area contributed by atoms with E-state index in [0.29, 0.717) is 28.5 Å². The van der Waals surface area contributed by atoms with Crippen molar-refractivity contribution in [2.45, 2.75) is 53.9 Å². The zero-order valence-electron chi connectivity index (χ0n) is 55.1. The topological polar surface area (TPSA) is 643 Å². The lowest BCUT2D eigenvalue weighted by molar-refractivity contribution is -0.385. The lowest BCUT2D eigenvalue weighted by Crippen LogP contribution is -2.41. The van der Waals surface area contributed by atoms with E-state index >= 15 is 0 Å². The minimum absolute atomic E-state index is 0.0561. The van der Waals surface area contributed by atoms with Crippen LogP contribution in [0.2, 0.25) is 0 Å². The van der Waals surface area contributed by atoms with Gasteiger partial charge in [0, 0.05) is 74.7 Å². The van der Waals surface area contributed by atoms with Crippen LogP contribution in [0.3, 0.4) is 0 Å². The van der Waals surface area contributed by atoms with Gasteiger partial charge in [0.2, 0.25) is 24.5 Å². The molecule has 0 unspecified atom stereocenters. The zero-order chi connectivity index (χ0) is 78.6. The molecular weight excluding hydrogens is 1370 g/mol. The number of nitro benzene ring substituents is 2. The second kappa shape index (κ2) is 51.9. The predicted octanol–water partition coefficient (Wildman–Crippen LogP) is 6.03. The fraction of sp³-hybridized carbons (Fsp3) is 0.156. The number of amides is 5. The number of rotatable bonds is 17. The van der Waals surface area contributed by atoms with E-state index in [1.807, 2.05) is 17.8 Å². The number of carboxylic acids is 3. The van der Waals surface area contributed by atoms with Crippen LogP contribution in [-0.2, 0) is 57.4 Å². The molecule has 0 aliphatic rings. The number of hydrazine groups is 2. The Bertz CT molecular complexity index is 3660. The summed E-state index contributed by atoms with van der Waals surface area (Å²) in [6, 6.07) is 40.5. The molecule has 7 aromatic carbocycles. The van der Waals surface area contributed by atoms with Crippen LogP contribution in [0, 0.1) is 27.2 Å². The molecule has 0 saturated heterocycles. The number of phenolic OH excluding ortho intramolecular Hbond substituents is 4. The standard InChI is InChI=1S/C16H13NO6.C15H12N2O6.C11H13N3O6.C10H12N2O3.C6H7NO.3C2H4O2.H4N2/c1-11-2-6-13(7-3-11)22-15(18)10-16(19)23-14-8-4-12(5-9-14)17(20)21;18-12-5-1-10(2-6-12)16-14(19)9-15(20)23-13-7-3-11(4-8-13)17(21)22;1-7(15)13-14-11(18)20-6-19-10(17)12-8-2-4-9(16)5-3-8;11-6-9(14)5-10(15)12-7-1-3-8(13)4-2-7;7-5-1-3-6(8)4-2-5;3*1-2(3)4;1-2/h2-9H,10H2,1H3;1-8,18H,9H2,(H,16,19);2-5,16H,6H2,1H3,(H,12,17)(H,13,15)(H,14,18);1-4,13H,5-6,11H2,(H,12,15);1-4,8H,7H2;3*1H3,(H,3,4);1-2H2. The van der Waals surface area contributed by atoms with E-state index in [-0.39, 0.29) is 64.6 Å². The van der Waals surface area contributed by atoms with Gasteiger partial charge in [0.15, 0.2) is 5.78 Å². The third-order valence-electron chi connectivity index (χ3n) is 10.0. The Kier molecular flexibility index (Phi) is 45.7. The van der Waals surface area contributed by atoms with Gasteiger partial charge >= 0.3 is 30.1 Å².